The molecule has 0 spiro atoms. The topological polar surface area (TPSA) is 46.8 Å². The highest BCUT2D eigenvalue weighted by Crippen LogP contribution is 2.30. The van der Waals surface area contributed by atoms with Crippen molar-refractivity contribution >= 4 is 28.8 Å². The van der Waals surface area contributed by atoms with Crippen LogP contribution < -0.4 is 4.90 Å². The van der Waals surface area contributed by atoms with E-state index in [2.05, 4.69) is 75.9 Å². The van der Waals surface area contributed by atoms with Gasteiger partial charge in [0.2, 0.25) is 0 Å². The summed E-state index contributed by atoms with van der Waals surface area (Å²) >= 11 is 3.35. The molecule has 4 rings (SSSR count). The molecule has 2 aromatic heterocycles. The molecule has 0 atom stereocenters. The molecule has 0 amide bonds. The monoisotopic (exact) mass is 421 g/mol. The third kappa shape index (κ3) is 4.21. The van der Waals surface area contributed by atoms with Gasteiger partial charge < -0.3 is 9.47 Å². The molecule has 5 nitrogen and oxygen atoms in total. The van der Waals surface area contributed by atoms with Crippen molar-refractivity contribution in [2.45, 2.75) is 17.8 Å². The Kier molecular flexibility index (Phi) is 5.69. The Morgan fingerprint density at radius 3 is 2.69 bits per heavy atom. The molecule has 0 radical (unpaired) electrons. The summed E-state index contributed by atoms with van der Waals surface area (Å²) in [7, 11) is 6.09. The minimum Gasteiger partial charge on any atom is -0.378 e. The van der Waals surface area contributed by atoms with Crippen molar-refractivity contribution in [2.75, 3.05) is 19.0 Å². The second-order valence-corrected chi connectivity index (χ2v) is 8.86. The van der Waals surface area contributed by atoms with E-state index >= 15 is 0 Å². The lowest BCUT2D eigenvalue weighted by Gasteiger charge is -2.13. The lowest BCUT2D eigenvalue weighted by atomic mass is 10.1. The van der Waals surface area contributed by atoms with Crippen LogP contribution in [0.1, 0.15) is 11.3 Å². The van der Waals surface area contributed by atoms with Crippen molar-refractivity contribution in [3.8, 4) is 22.0 Å². The van der Waals surface area contributed by atoms with Crippen molar-refractivity contribution in [3.63, 3.8) is 0 Å². The van der Waals surface area contributed by atoms with Gasteiger partial charge in [-0.15, -0.1) is 21.5 Å². The number of benzene rings is 2. The second-order valence-electron chi connectivity index (χ2n) is 7.06. The van der Waals surface area contributed by atoms with Gasteiger partial charge in [-0.1, -0.05) is 48.2 Å². The number of hydrogen-bond acceptors (Lipinski definition) is 6. The Balaban J connectivity index is 1.49. The number of thiazole rings is 1. The molecule has 0 fully saturated rings. The van der Waals surface area contributed by atoms with Crippen LogP contribution in [0.3, 0.4) is 0 Å². The van der Waals surface area contributed by atoms with Crippen molar-refractivity contribution < 1.29 is 0 Å². The number of aryl methyl sites for hydroxylation is 1. The predicted octanol–water partition coefficient (Wildman–Crippen LogP) is 5.27. The molecule has 0 saturated heterocycles. The maximum Gasteiger partial charge on any atom is 0.191 e. The molecule has 7 heteroatoms. The van der Waals surface area contributed by atoms with Gasteiger partial charge in [-0.2, -0.15) is 0 Å². The van der Waals surface area contributed by atoms with E-state index in [1.807, 2.05) is 25.7 Å². The van der Waals surface area contributed by atoms with Crippen LogP contribution in [0.25, 0.3) is 22.0 Å². The maximum absolute atomic E-state index is 4.82. The molecule has 4 aromatic rings. The fraction of sp³-hybridized carbons (Fsp3) is 0.227. The van der Waals surface area contributed by atoms with E-state index in [0.29, 0.717) is 0 Å². The fourth-order valence-electron chi connectivity index (χ4n) is 3.06. The quantitative estimate of drug-likeness (QED) is 0.397. The van der Waals surface area contributed by atoms with Gasteiger partial charge in [0.05, 0.1) is 5.69 Å². The van der Waals surface area contributed by atoms with Crippen LogP contribution in [-0.2, 0) is 12.8 Å². The first kappa shape index (κ1) is 19.7. The number of anilines is 1. The zero-order valence-electron chi connectivity index (χ0n) is 17.0. The van der Waals surface area contributed by atoms with Crippen LogP contribution in [0, 0.1) is 6.92 Å². The van der Waals surface area contributed by atoms with Gasteiger partial charge in [-0.25, -0.2) is 4.98 Å². The average molecular weight is 422 g/mol. The molecule has 29 heavy (non-hydrogen) atoms. The molecule has 148 valence electrons. The standard InChI is InChI=1S/C22H23N5S2/c1-15-8-5-6-11-19(15)21-23-17(13-28-21)14-29-22-25-24-20(27(22)4)16-9-7-10-18(12-16)26(2)3/h5-13H,14H2,1-4H3. The van der Waals surface area contributed by atoms with E-state index in [1.165, 1.54) is 11.1 Å². The van der Waals surface area contributed by atoms with Crippen LogP contribution in [0.5, 0.6) is 0 Å². The molecule has 0 bridgehead atoms. The number of thioether (sulfide) groups is 1. The molecule has 0 aliphatic rings. The molecule has 0 unspecified atom stereocenters. The van der Waals surface area contributed by atoms with Gasteiger partial charge in [0.1, 0.15) is 5.01 Å². The smallest absolute Gasteiger partial charge is 0.191 e. The van der Waals surface area contributed by atoms with E-state index in [4.69, 9.17) is 4.98 Å². The Bertz CT molecular complexity index is 1130. The molecule has 0 N–H and O–H groups in total. The summed E-state index contributed by atoms with van der Waals surface area (Å²) in [6.07, 6.45) is 0. The summed E-state index contributed by atoms with van der Waals surface area (Å²) in [5, 5.41) is 12.9. The number of rotatable bonds is 6. The molecular weight excluding hydrogens is 398 g/mol. The Morgan fingerprint density at radius 2 is 1.90 bits per heavy atom. The van der Waals surface area contributed by atoms with Gasteiger partial charge in [-0.3, -0.25) is 0 Å². The summed E-state index contributed by atoms with van der Waals surface area (Å²) < 4.78 is 2.05. The second kappa shape index (κ2) is 8.39. The van der Waals surface area contributed by atoms with Crippen molar-refractivity contribution in [3.05, 3.63) is 65.2 Å². The SMILES string of the molecule is Cc1ccccc1-c1nc(CSc2nnc(-c3cccc(N(C)C)c3)n2C)cs1. The van der Waals surface area contributed by atoms with E-state index in [0.717, 1.165) is 38.7 Å². The lowest BCUT2D eigenvalue weighted by molar-refractivity contribution is 0.793. The third-order valence-corrected chi connectivity index (χ3v) is 6.71. The Morgan fingerprint density at radius 1 is 1.07 bits per heavy atom. The summed E-state index contributed by atoms with van der Waals surface area (Å²) in [5.41, 5.74) is 5.73. The van der Waals surface area contributed by atoms with Crippen LogP contribution >= 0.6 is 23.1 Å². The van der Waals surface area contributed by atoms with Gasteiger partial charge in [0.15, 0.2) is 11.0 Å². The van der Waals surface area contributed by atoms with Crippen LogP contribution in [0.4, 0.5) is 5.69 Å². The predicted molar refractivity (Wildman–Crippen MR) is 123 cm³/mol. The summed E-state index contributed by atoms with van der Waals surface area (Å²) in [6.45, 7) is 2.12. The molecule has 2 aromatic carbocycles. The highest BCUT2D eigenvalue weighted by molar-refractivity contribution is 7.98. The van der Waals surface area contributed by atoms with Crippen LogP contribution in [-0.4, -0.2) is 33.8 Å². The summed E-state index contributed by atoms with van der Waals surface area (Å²) in [6, 6.07) is 16.7. The fourth-order valence-corrected chi connectivity index (χ4v) is 4.88. The first-order valence-corrected chi connectivity index (χ1v) is 11.2. The van der Waals surface area contributed by atoms with Gasteiger partial charge >= 0.3 is 0 Å². The van der Waals surface area contributed by atoms with Gasteiger partial charge in [0, 0.05) is 49.1 Å². The number of aromatic nitrogens is 4. The summed E-state index contributed by atoms with van der Waals surface area (Å²) in [4.78, 5) is 6.90. The largest absolute Gasteiger partial charge is 0.378 e. The van der Waals surface area contributed by atoms with Gasteiger partial charge in [-0.05, 0) is 24.6 Å². The number of nitrogens with zero attached hydrogens (tertiary/aromatic N) is 5. The maximum atomic E-state index is 4.82. The molecule has 0 aliphatic heterocycles. The van der Waals surface area contributed by atoms with E-state index in [1.54, 1.807) is 23.1 Å². The van der Waals surface area contributed by atoms with E-state index < -0.39 is 0 Å². The van der Waals surface area contributed by atoms with Crippen molar-refractivity contribution in [2.24, 2.45) is 7.05 Å². The molecule has 2 heterocycles. The van der Waals surface area contributed by atoms with E-state index in [-0.39, 0.29) is 0 Å². The first-order chi connectivity index (χ1) is 14.0. The number of hydrogen-bond donors (Lipinski definition) is 0. The minimum absolute atomic E-state index is 0.770. The normalized spacial score (nSPS) is 11.0. The van der Waals surface area contributed by atoms with Gasteiger partial charge in [0.25, 0.3) is 0 Å². The lowest BCUT2D eigenvalue weighted by Crippen LogP contribution is -2.08. The van der Waals surface area contributed by atoms with Crippen LogP contribution in [0.2, 0.25) is 0 Å². The Labute approximate surface area is 179 Å². The molecule has 0 aliphatic carbocycles. The zero-order valence-corrected chi connectivity index (χ0v) is 18.6. The van der Waals surface area contributed by atoms with E-state index in [9.17, 15) is 0 Å². The minimum atomic E-state index is 0.770. The summed E-state index contributed by atoms with van der Waals surface area (Å²) in [5.74, 6) is 1.64. The molecule has 0 saturated carbocycles. The Hall–Kier alpha value is -2.64. The zero-order chi connectivity index (χ0) is 20.4. The highest BCUT2D eigenvalue weighted by atomic mass is 32.2. The molecular formula is C22H23N5S2. The average Bonchev–Trinajstić information content (AvgIpc) is 3.33. The highest BCUT2D eigenvalue weighted by Gasteiger charge is 2.13. The first-order valence-electron chi connectivity index (χ1n) is 9.33. The van der Waals surface area contributed by atoms with Crippen molar-refractivity contribution in [1.82, 2.24) is 19.7 Å². The van der Waals surface area contributed by atoms with Crippen molar-refractivity contribution in [1.29, 1.82) is 0 Å². The third-order valence-electron chi connectivity index (χ3n) is 4.73. The van der Waals surface area contributed by atoms with Crippen LogP contribution in [0.15, 0.2) is 59.1 Å².